The molecule has 1 aromatic heterocycles. The Morgan fingerprint density at radius 3 is 2.52 bits per heavy atom. The van der Waals surface area contributed by atoms with Crippen LogP contribution in [0.2, 0.25) is 0 Å². The molecule has 7 heteroatoms. The molecule has 1 aliphatic heterocycles. The zero-order chi connectivity index (χ0) is 18.8. The van der Waals surface area contributed by atoms with Crippen LogP contribution in [0.3, 0.4) is 0 Å². The van der Waals surface area contributed by atoms with Gasteiger partial charge in [-0.3, -0.25) is 9.59 Å². The van der Waals surface area contributed by atoms with Gasteiger partial charge in [-0.25, -0.2) is 0 Å². The number of benzene rings is 1. The fourth-order valence-electron chi connectivity index (χ4n) is 3.75. The standard InChI is InChI=1S/C20H24N4O3/c1-14-21-18(27-22-14)17-13-23(19(25)15-9-5-10-15)11-6-12-24(17)20(26)16-7-3-2-4-8-16/h2-4,7-8,15,17H,5-6,9-13H2,1H3. The third kappa shape index (κ3) is 3.59. The lowest BCUT2D eigenvalue weighted by Crippen LogP contribution is -2.43. The summed E-state index contributed by atoms with van der Waals surface area (Å²) in [5, 5.41) is 3.89. The van der Waals surface area contributed by atoms with E-state index in [0.29, 0.717) is 36.9 Å². The van der Waals surface area contributed by atoms with Crippen molar-refractivity contribution in [2.24, 2.45) is 5.92 Å². The molecule has 2 aromatic rings. The number of rotatable bonds is 3. The maximum atomic E-state index is 13.2. The van der Waals surface area contributed by atoms with Gasteiger partial charge in [-0.1, -0.05) is 29.8 Å². The first-order valence-corrected chi connectivity index (χ1v) is 9.58. The van der Waals surface area contributed by atoms with Gasteiger partial charge < -0.3 is 14.3 Å². The molecule has 2 aliphatic rings. The van der Waals surface area contributed by atoms with Crippen LogP contribution in [-0.4, -0.2) is 51.4 Å². The molecule has 1 aromatic carbocycles. The summed E-state index contributed by atoms with van der Waals surface area (Å²) in [7, 11) is 0. The number of carbonyl (C=O) groups is 2. The smallest absolute Gasteiger partial charge is 0.254 e. The molecule has 2 fully saturated rings. The summed E-state index contributed by atoms with van der Waals surface area (Å²) >= 11 is 0. The van der Waals surface area contributed by atoms with Crippen LogP contribution in [0.25, 0.3) is 0 Å². The van der Waals surface area contributed by atoms with E-state index in [9.17, 15) is 9.59 Å². The van der Waals surface area contributed by atoms with Gasteiger partial charge >= 0.3 is 0 Å². The zero-order valence-electron chi connectivity index (χ0n) is 15.5. The quantitative estimate of drug-likeness (QED) is 0.832. The third-order valence-electron chi connectivity index (χ3n) is 5.47. The Kier molecular flexibility index (Phi) is 4.92. The van der Waals surface area contributed by atoms with E-state index < -0.39 is 6.04 Å². The van der Waals surface area contributed by atoms with Crippen molar-refractivity contribution < 1.29 is 14.1 Å². The number of nitrogens with zero attached hydrogens (tertiary/aromatic N) is 4. The van der Waals surface area contributed by atoms with Gasteiger partial charge in [0, 0.05) is 24.6 Å². The SMILES string of the molecule is Cc1noc(C2CN(C(=O)C3CCC3)CCCN2C(=O)c2ccccc2)n1. The van der Waals surface area contributed by atoms with Gasteiger partial charge in [-0.2, -0.15) is 4.98 Å². The third-order valence-corrected chi connectivity index (χ3v) is 5.47. The van der Waals surface area contributed by atoms with E-state index in [1.54, 1.807) is 24.0 Å². The Morgan fingerprint density at radius 2 is 1.89 bits per heavy atom. The minimum Gasteiger partial charge on any atom is -0.340 e. The molecule has 2 heterocycles. The van der Waals surface area contributed by atoms with Crippen molar-refractivity contribution in [3.05, 3.63) is 47.6 Å². The topological polar surface area (TPSA) is 79.5 Å². The summed E-state index contributed by atoms with van der Waals surface area (Å²) in [5.74, 6) is 1.17. The van der Waals surface area contributed by atoms with E-state index in [1.807, 2.05) is 23.1 Å². The second-order valence-electron chi connectivity index (χ2n) is 7.33. The van der Waals surface area contributed by atoms with Crippen molar-refractivity contribution in [1.29, 1.82) is 0 Å². The highest BCUT2D eigenvalue weighted by Gasteiger charge is 2.37. The van der Waals surface area contributed by atoms with E-state index in [0.717, 1.165) is 25.7 Å². The van der Waals surface area contributed by atoms with Crippen LogP contribution >= 0.6 is 0 Å². The van der Waals surface area contributed by atoms with Crippen molar-refractivity contribution >= 4 is 11.8 Å². The van der Waals surface area contributed by atoms with E-state index >= 15 is 0 Å². The predicted molar refractivity (Wildman–Crippen MR) is 97.8 cm³/mol. The van der Waals surface area contributed by atoms with Gasteiger partial charge in [0.25, 0.3) is 11.8 Å². The molecule has 4 rings (SSSR count). The summed E-state index contributed by atoms with van der Waals surface area (Å²) in [5.41, 5.74) is 0.623. The fraction of sp³-hybridized carbons (Fsp3) is 0.500. The Labute approximate surface area is 158 Å². The Hall–Kier alpha value is -2.70. The average molecular weight is 368 g/mol. The predicted octanol–water partition coefficient (Wildman–Crippen LogP) is 2.59. The summed E-state index contributed by atoms with van der Waals surface area (Å²) < 4.78 is 5.41. The molecule has 27 heavy (non-hydrogen) atoms. The molecule has 1 saturated carbocycles. The maximum absolute atomic E-state index is 13.2. The normalized spacial score (nSPS) is 20.9. The molecule has 142 valence electrons. The number of hydrogen-bond donors (Lipinski definition) is 0. The Balaban J connectivity index is 1.63. The molecular weight excluding hydrogens is 344 g/mol. The summed E-state index contributed by atoms with van der Waals surface area (Å²) in [6.07, 6.45) is 3.79. The van der Waals surface area contributed by atoms with Crippen LogP contribution in [0.4, 0.5) is 0 Å². The largest absolute Gasteiger partial charge is 0.340 e. The zero-order valence-corrected chi connectivity index (χ0v) is 15.5. The maximum Gasteiger partial charge on any atom is 0.254 e. The molecule has 1 unspecified atom stereocenters. The lowest BCUT2D eigenvalue weighted by atomic mass is 9.84. The number of aryl methyl sites for hydroxylation is 1. The van der Waals surface area contributed by atoms with Gasteiger partial charge in [0.05, 0.1) is 6.54 Å². The van der Waals surface area contributed by atoms with Gasteiger partial charge in [0.2, 0.25) is 5.91 Å². The van der Waals surface area contributed by atoms with E-state index in [-0.39, 0.29) is 17.7 Å². The first kappa shape index (κ1) is 17.7. The number of amides is 2. The minimum absolute atomic E-state index is 0.0746. The van der Waals surface area contributed by atoms with Crippen molar-refractivity contribution in [2.75, 3.05) is 19.6 Å². The molecule has 0 radical (unpaired) electrons. The van der Waals surface area contributed by atoms with Gasteiger partial charge in [0.15, 0.2) is 5.82 Å². The molecule has 0 spiro atoms. The van der Waals surface area contributed by atoms with Crippen LogP contribution in [-0.2, 0) is 4.79 Å². The Morgan fingerprint density at radius 1 is 1.11 bits per heavy atom. The first-order chi connectivity index (χ1) is 13.1. The lowest BCUT2D eigenvalue weighted by molar-refractivity contribution is -0.138. The molecule has 7 nitrogen and oxygen atoms in total. The summed E-state index contributed by atoms with van der Waals surface area (Å²) in [6, 6.07) is 8.77. The summed E-state index contributed by atoms with van der Waals surface area (Å²) in [6.45, 7) is 3.35. The van der Waals surface area contributed by atoms with E-state index in [1.165, 1.54) is 0 Å². The van der Waals surface area contributed by atoms with Crippen molar-refractivity contribution in [1.82, 2.24) is 19.9 Å². The molecule has 0 N–H and O–H groups in total. The molecule has 2 amide bonds. The molecule has 1 atom stereocenters. The number of hydrogen-bond acceptors (Lipinski definition) is 5. The molecule has 0 bridgehead atoms. The number of aromatic nitrogens is 2. The van der Waals surface area contributed by atoms with Crippen molar-refractivity contribution in [2.45, 2.75) is 38.6 Å². The van der Waals surface area contributed by atoms with E-state index in [2.05, 4.69) is 10.1 Å². The lowest BCUT2D eigenvalue weighted by Gasteiger charge is -2.33. The second kappa shape index (κ2) is 7.50. The summed E-state index contributed by atoms with van der Waals surface area (Å²) in [4.78, 5) is 34.0. The highest BCUT2D eigenvalue weighted by molar-refractivity contribution is 5.94. The van der Waals surface area contributed by atoms with E-state index in [4.69, 9.17) is 4.52 Å². The first-order valence-electron chi connectivity index (χ1n) is 9.58. The van der Waals surface area contributed by atoms with Gasteiger partial charge in [0.1, 0.15) is 6.04 Å². The van der Waals surface area contributed by atoms with Gasteiger partial charge in [-0.05, 0) is 38.3 Å². The average Bonchev–Trinajstić information content (AvgIpc) is 2.94. The van der Waals surface area contributed by atoms with Crippen molar-refractivity contribution in [3.63, 3.8) is 0 Å². The monoisotopic (exact) mass is 368 g/mol. The highest BCUT2D eigenvalue weighted by Crippen LogP contribution is 2.31. The molecule has 1 aliphatic carbocycles. The van der Waals surface area contributed by atoms with Crippen LogP contribution in [0.15, 0.2) is 34.9 Å². The van der Waals surface area contributed by atoms with Crippen LogP contribution < -0.4 is 0 Å². The molecule has 1 saturated heterocycles. The van der Waals surface area contributed by atoms with Gasteiger partial charge in [-0.15, -0.1) is 0 Å². The fourth-order valence-corrected chi connectivity index (χ4v) is 3.75. The van der Waals surface area contributed by atoms with Crippen LogP contribution in [0, 0.1) is 12.8 Å². The number of carbonyl (C=O) groups excluding carboxylic acids is 2. The Bertz CT molecular complexity index is 816. The van der Waals surface area contributed by atoms with Crippen LogP contribution in [0.5, 0.6) is 0 Å². The second-order valence-corrected chi connectivity index (χ2v) is 7.33. The highest BCUT2D eigenvalue weighted by atomic mass is 16.5. The molecular formula is C20H24N4O3. The van der Waals surface area contributed by atoms with Crippen LogP contribution in [0.1, 0.15) is 53.8 Å². The van der Waals surface area contributed by atoms with Crippen molar-refractivity contribution in [3.8, 4) is 0 Å². The minimum atomic E-state index is -0.426.